The maximum atomic E-state index is 13.5. The highest BCUT2D eigenvalue weighted by molar-refractivity contribution is 5.86. The van der Waals surface area contributed by atoms with Gasteiger partial charge >= 0.3 is 12.1 Å². The number of nitrogens with one attached hydrogen (secondary N) is 3. The molecule has 0 aliphatic carbocycles. The van der Waals surface area contributed by atoms with E-state index in [-0.39, 0.29) is 50.9 Å². The van der Waals surface area contributed by atoms with Crippen LogP contribution in [-0.4, -0.2) is 60.3 Å². The Balaban J connectivity index is 1.44. The van der Waals surface area contributed by atoms with Gasteiger partial charge in [-0.3, -0.25) is 9.59 Å². The third-order valence-corrected chi connectivity index (χ3v) is 7.56. The number of rotatable bonds is 11. The van der Waals surface area contributed by atoms with E-state index in [1.54, 1.807) is 12.2 Å². The summed E-state index contributed by atoms with van der Waals surface area (Å²) < 4.78 is 10.9. The number of benzene rings is 3. The Morgan fingerprint density at radius 1 is 0.870 bits per heavy atom. The molecule has 3 aromatic rings. The van der Waals surface area contributed by atoms with Crippen LogP contribution in [0.2, 0.25) is 0 Å². The number of amides is 3. The number of carbonyl (C=O) groups is 4. The van der Waals surface area contributed by atoms with Crippen LogP contribution in [0, 0.1) is 5.92 Å². The molecule has 0 spiro atoms. The van der Waals surface area contributed by atoms with Crippen LogP contribution < -0.4 is 16.0 Å². The highest BCUT2D eigenvalue weighted by Crippen LogP contribution is 2.15. The molecule has 0 fully saturated rings. The van der Waals surface area contributed by atoms with Gasteiger partial charge in [0.1, 0.15) is 19.3 Å². The summed E-state index contributed by atoms with van der Waals surface area (Å²) >= 11 is 0. The van der Waals surface area contributed by atoms with Crippen molar-refractivity contribution in [1.29, 1.82) is 0 Å². The number of hydrogen-bond acceptors (Lipinski definition) is 7. The molecule has 0 saturated carbocycles. The molecule has 0 radical (unpaired) electrons. The number of ether oxygens (including phenoxy) is 2. The van der Waals surface area contributed by atoms with Crippen LogP contribution in [-0.2, 0) is 43.3 Å². The summed E-state index contributed by atoms with van der Waals surface area (Å²) in [7, 11) is 0. The Hall–Kier alpha value is -4.96. The summed E-state index contributed by atoms with van der Waals surface area (Å²) in [6.07, 6.45) is 3.69. The van der Waals surface area contributed by atoms with Crippen LogP contribution in [0.15, 0.2) is 103 Å². The third-order valence-electron chi connectivity index (χ3n) is 7.56. The van der Waals surface area contributed by atoms with Crippen LogP contribution in [0.5, 0.6) is 0 Å². The van der Waals surface area contributed by atoms with E-state index in [9.17, 15) is 24.3 Å². The van der Waals surface area contributed by atoms with E-state index in [2.05, 4.69) is 16.0 Å². The molecule has 10 heteroatoms. The third kappa shape index (κ3) is 11.5. The van der Waals surface area contributed by atoms with Gasteiger partial charge in [0, 0.05) is 6.42 Å². The predicted octanol–water partition coefficient (Wildman–Crippen LogP) is 3.63. The van der Waals surface area contributed by atoms with Crippen molar-refractivity contribution in [1.82, 2.24) is 16.0 Å². The Kier molecular flexibility index (Phi) is 13.4. The smallest absolute Gasteiger partial charge is 0.408 e. The summed E-state index contributed by atoms with van der Waals surface area (Å²) in [6, 6.07) is 26.1. The lowest BCUT2D eigenvalue weighted by Gasteiger charge is -2.25. The van der Waals surface area contributed by atoms with Crippen molar-refractivity contribution in [3.05, 3.63) is 120 Å². The van der Waals surface area contributed by atoms with Gasteiger partial charge in [0.25, 0.3) is 0 Å². The second-order valence-corrected chi connectivity index (χ2v) is 11.3. The minimum absolute atomic E-state index is 0.0433. The quantitative estimate of drug-likeness (QED) is 0.188. The maximum Gasteiger partial charge on any atom is 0.408 e. The van der Waals surface area contributed by atoms with E-state index in [4.69, 9.17) is 9.47 Å². The van der Waals surface area contributed by atoms with E-state index in [0.717, 1.165) is 16.7 Å². The van der Waals surface area contributed by atoms with Gasteiger partial charge in [-0.15, -0.1) is 0 Å². The number of esters is 1. The molecule has 0 aromatic heterocycles. The Morgan fingerprint density at radius 2 is 1.48 bits per heavy atom. The molecule has 242 valence electrons. The van der Waals surface area contributed by atoms with E-state index < -0.39 is 36.1 Å². The lowest BCUT2D eigenvalue weighted by Crippen LogP contribution is -2.47. The van der Waals surface area contributed by atoms with Crippen molar-refractivity contribution in [2.24, 2.45) is 5.92 Å². The standard InChI is InChI=1S/C36H41N3O7/c40-23-30(20-26-12-4-1-5-13-26)37-33(41)22-29-18-10-11-19-32(39-36(44)46-24-28-16-8-3-9-17-28)35(43)45-25-31(38-34(29)42)21-27-14-6-2-7-15-27/h1-17,29-32,40H,18-25H2,(H,37,41)(H,38,42)(H,39,44)/t29-,30-,31-,32-/m1/s1. The summed E-state index contributed by atoms with van der Waals surface area (Å²) in [5.41, 5.74) is 2.70. The van der Waals surface area contributed by atoms with E-state index in [1.165, 1.54) is 0 Å². The zero-order valence-electron chi connectivity index (χ0n) is 25.7. The van der Waals surface area contributed by atoms with Gasteiger partial charge in [0.05, 0.1) is 24.6 Å². The molecule has 1 heterocycles. The lowest BCUT2D eigenvalue weighted by molar-refractivity contribution is -0.147. The largest absolute Gasteiger partial charge is 0.462 e. The molecule has 4 N–H and O–H groups in total. The molecule has 0 unspecified atom stereocenters. The fraction of sp³-hybridized carbons (Fsp3) is 0.333. The first-order valence-corrected chi connectivity index (χ1v) is 15.5. The highest BCUT2D eigenvalue weighted by Gasteiger charge is 2.28. The minimum atomic E-state index is -1.02. The number of allylic oxidation sites excluding steroid dienone is 1. The second kappa shape index (κ2) is 18.1. The Labute approximate surface area is 269 Å². The van der Waals surface area contributed by atoms with Crippen molar-refractivity contribution in [2.75, 3.05) is 13.2 Å². The summed E-state index contributed by atoms with van der Waals surface area (Å²) in [4.78, 5) is 52.2. The first-order chi connectivity index (χ1) is 22.4. The van der Waals surface area contributed by atoms with Gasteiger partial charge in [-0.2, -0.15) is 0 Å². The first-order valence-electron chi connectivity index (χ1n) is 15.5. The molecule has 3 aromatic carbocycles. The molecule has 3 amide bonds. The number of carbonyl (C=O) groups excluding carboxylic acids is 4. The van der Waals surface area contributed by atoms with Crippen LogP contribution in [0.1, 0.15) is 36.0 Å². The molecule has 10 nitrogen and oxygen atoms in total. The van der Waals surface area contributed by atoms with Crippen molar-refractivity contribution in [2.45, 2.75) is 56.8 Å². The second-order valence-electron chi connectivity index (χ2n) is 11.3. The van der Waals surface area contributed by atoms with Gasteiger partial charge < -0.3 is 30.5 Å². The molecule has 1 aliphatic rings. The molecule has 1 aliphatic heterocycles. The van der Waals surface area contributed by atoms with Gasteiger partial charge in [-0.05, 0) is 42.4 Å². The topological polar surface area (TPSA) is 143 Å². The van der Waals surface area contributed by atoms with Crippen LogP contribution in [0.3, 0.4) is 0 Å². The fourth-order valence-corrected chi connectivity index (χ4v) is 5.12. The summed E-state index contributed by atoms with van der Waals surface area (Å²) in [5, 5.41) is 18.3. The van der Waals surface area contributed by atoms with E-state index in [1.807, 2.05) is 91.0 Å². The van der Waals surface area contributed by atoms with Crippen molar-refractivity contribution >= 4 is 23.9 Å². The number of aliphatic hydroxyl groups is 1. The molecular weight excluding hydrogens is 586 g/mol. The zero-order valence-corrected chi connectivity index (χ0v) is 25.7. The fourth-order valence-electron chi connectivity index (χ4n) is 5.12. The van der Waals surface area contributed by atoms with Gasteiger partial charge in [0.2, 0.25) is 11.8 Å². The number of aliphatic hydroxyl groups excluding tert-OH is 1. The van der Waals surface area contributed by atoms with Crippen molar-refractivity contribution in [3.8, 4) is 0 Å². The lowest BCUT2D eigenvalue weighted by atomic mass is 9.97. The number of alkyl carbamates (subject to hydrolysis) is 1. The van der Waals surface area contributed by atoms with Crippen molar-refractivity contribution < 1.29 is 33.8 Å². The Morgan fingerprint density at radius 3 is 2.13 bits per heavy atom. The van der Waals surface area contributed by atoms with Crippen LogP contribution >= 0.6 is 0 Å². The van der Waals surface area contributed by atoms with E-state index in [0.29, 0.717) is 12.8 Å². The van der Waals surface area contributed by atoms with Crippen LogP contribution in [0.25, 0.3) is 0 Å². The molecule has 0 saturated heterocycles. The average Bonchev–Trinajstić information content (AvgIpc) is 3.07. The summed E-state index contributed by atoms with van der Waals surface area (Å²) in [6.45, 7) is -0.339. The minimum Gasteiger partial charge on any atom is -0.462 e. The maximum absolute atomic E-state index is 13.5. The molecule has 4 atom stereocenters. The van der Waals surface area contributed by atoms with Crippen LogP contribution in [0.4, 0.5) is 4.79 Å². The first kappa shape index (κ1) is 33.9. The average molecular weight is 628 g/mol. The van der Waals surface area contributed by atoms with Gasteiger partial charge in [-0.1, -0.05) is 103 Å². The predicted molar refractivity (Wildman–Crippen MR) is 172 cm³/mol. The summed E-state index contributed by atoms with van der Waals surface area (Å²) in [5.74, 6) is -2.08. The number of hydrogen-bond donors (Lipinski definition) is 4. The van der Waals surface area contributed by atoms with Gasteiger partial charge in [-0.25, -0.2) is 9.59 Å². The number of cyclic esters (lactones) is 1. The molecule has 46 heavy (non-hydrogen) atoms. The molecule has 4 rings (SSSR count). The molecule has 0 bridgehead atoms. The SMILES string of the molecule is O=C(C[C@H]1CC=CC[C@@H](NC(=O)OCc2ccccc2)C(=O)OC[C@@H](Cc2ccccc2)NC1=O)N[C@@H](CO)Cc1ccccc1. The monoisotopic (exact) mass is 627 g/mol. The normalized spacial score (nSPS) is 19.4. The molecular formula is C36H41N3O7. The zero-order chi connectivity index (χ0) is 32.6. The highest BCUT2D eigenvalue weighted by atomic mass is 16.6. The van der Waals surface area contributed by atoms with Gasteiger partial charge in [0.15, 0.2) is 0 Å². The Bertz CT molecular complexity index is 1430. The van der Waals surface area contributed by atoms with Crippen molar-refractivity contribution in [3.63, 3.8) is 0 Å². The van der Waals surface area contributed by atoms with E-state index >= 15 is 0 Å².